The minimum absolute atomic E-state index is 0.0382. The molecule has 0 aromatic carbocycles. The average Bonchev–Trinajstić information content (AvgIpc) is 3.02. The summed E-state index contributed by atoms with van der Waals surface area (Å²) in [4.78, 5) is 14.4. The lowest BCUT2D eigenvalue weighted by Crippen LogP contribution is -2.69. The molecule has 0 aromatic rings. The highest BCUT2D eigenvalue weighted by Gasteiger charge is 2.71. The van der Waals surface area contributed by atoms with Gasteiger partial charge in [0.2, 0.25) is 6.29 Å². The SMILES string of the molecule is CC1(C)CC[C@]2(C(=O)O[C@H]3O[C@@H](CO)[C@H](O)[C@@H](O)[C@@H]3O)CC[C@]3(C)C(=CC[C@@H]4[C@@]5(C)C[C@@H](O)[C@H](O)C(CO)(CO)[C@@H]5CC[C@]43C)[C@@H]2C1. The second kappa shape index (κ2) is 11.7. The maximum absolute atomic E-state index is 14.4. The van der Waals surface area contributed by atoms with Crippen LogP contribution in [0.15, 0.2) is 11.6 Å². The van der Waals surface area contributed by atoms with Crippen LogP contribution in [0.1, 0.15) is 92.4 Å². The highest BCUT2D eigenvalue weighted by Crippen LogP contribution is 2.76. The zero-order valence-electron chi connectivity index (χ0n) is 28.6. The first-order valence-corrected chi connectivity index (χ1v) is 17.7. The fourth-order valence-electron chi connectivity index (χ4n) is 12.2. The Morgan fingerprint density at radius 2 is 1.51 bits per heavy atom. The smallest absolute Gasteiger partial charge is 0.315 e. The molecular formula is C36H58O11. The zero-order chi connectivity index (χ0) is 34.5. The van der Waals surface area contributed by atoms with Gasteiger partial charge in [-0.2, -0.15) is 0 Å². The van der Waals surface area contributed by atoms with Crippen LogP contribution in [0.3, 0.4) is 0 Å². The Bertz CT molecular complexity index is 1250. The molecule has 14 atom stereocenters. The first-order chi connectivity index (χ1) is 21.9. The summed E-state index contributed by atoms with van der Waals surface area (Å²) in [6.45, 7) is 9.87. The van der Waals surface area contributed by atoms with E-state index in [4.69, 9.17) is 9.47 Å². The maximum Gasteiger partial charge on any atom is 0.315 e. The fraction of sp³-hybridized carbons (Fsp3) is 0.917. The van der Waals surface area contributed by atoms with Crippen molar-refractivity contribution in [2.75, 3.05) is 19.8 Å². The quantitative estimate of drug-likeness (QED) is 0.156. The summed E-state index contributed by atoms with van der Waals surface area (Å²) < 4.78 is 11.5. The Labute approximate surface area is 278 Å². The number of fused-ring (bicyclic) bond motifs is 7. The van der Waals surface area contributed by atoms with Gasteiger partial charge in [-0.05, 0) is 97.2 Å². The van der Waals surface area contributed by atoms with Crippen molar-refractivity contribution >= 4 is 5.97 Å². The van der Waals surface area contributed by atoms with Crippen LogP contribution in [0.5, 0.6) is 0 Å². The number of carbonyl (C=O) groups is 1. The second-order valence-corrected chi connectivity index (χ2v) is 17.7. The van der Waals surface area contributed by atoms with Crippen LogP contribution >= 0.6 is 0 Å². The summed E-state index contributed by atoms with van der Waals surface area (Å²) in [7, 11) is 0. The minimum atomic E-state index is -1.67. The van der Waals surface area contributed by atoms with E-state index in [0.717, 1.165) is 19.3 Å². The van der Waals surface area contributed by atoms with Crippen molar-refractivity contribution in [2.24, 2.45) is 50.2 Å². The van der Waals surface area contributed by atoms with E-state index >= 15 is 0 Å². The Morgan fingerprint density at radius 1 is 0.851 bits per heavy atom. The number of allylic oxidation sites excluding steroid dienone is 2. The van der Waals surface area contributed by atoms with Gasteiger partial charge in [0, 0.05) is 5.41 Å². The minimum Gasteiger partial charge on any atom is -0.432 e. The summed E-state index contributed by atoms with van der Waals surface area (Å²) in [5.74, 6) is -0.705. The molecule has 1 aliphatic heterocycles. The number of ether oxygens (including phenoxy) is 2. The summed E-state index contributed by atoms with van der Waals surface area (Å²) in [6, 6.07) is 0. The fourth-order valence-corrected chi connectivity index (χ4v) is 12.2. The summed E-state index contributed by atoms with van der Waals surface area (Å²) in [6.07, 6.45) is -1.49. The van der Waals surface area contributed by atoms with Gasteiger partial charge >= 0.3 is 5.97 Å². The van der Waals surface area contributed by atoms with E-state index in [0.29, 0.717) is 38.5 Å². The van der Waals surface area contributed by atoms with E-state index in [1.165, 1.54) is 5.57 Å². The van der Waals surface area contributed by atoms with Crippen molar-refractivity contribution < 1.29 is 55.1 Å². The normalized spacial score (nSPS) is 51.8. The van der Waals surface area contributed by atoms with Crippen LogP contribution < -0.4 is 0 Å². The molecule has 0 bridgehead atoms. The van der Waals surface area contributed by atoms with Gasteiger partial charge in [-0.25, -0.2) is 0 Å². The average molecular weight is 667 g/mol. The van der Waals surface area contributed by atoms with E-state index in [1.54, 1.807) is 0 Å². The lowest BCUT2D eigenvalue weighted by Gasteiger charge is -2.71. The van der Waals surface area contributed by atoms with Gasteiger partial charge in [-0.3, -0.25) is 4.79 Å². The topological polar surface area (TPSA) is 197 Å². The summed E-state index contributed by atoms with van der Waals surface area (Å²) in [5, 5.41) is 84.4. The van der Waals surface area contributed by atoms with E-state index in [-0.39, 0.29) is 34.0 Å². The number of aliphatic hydroxyl groups excluding tert-OH is 8. The third-order valence-electron chi connectivity index (χ3n) is 15.3. The van der Waals surface area contributed by atoms with E-state index in [9.17, 15) is 45.6 Å². The Morgan fingerprint density at radius 3 is 2.15 bits per heavy atom. The molecule has 11 nitrogen and oxygen atoms in total. The first-order valence-electron chi connectivity index (χ1n) is 17.7. The van der Waals surface area contributed by atoms with Gasteiger partial charge in [0.05, 0.1) is 37.4 Å². The maximum atomic E-state index is 14.4. The van der Waals surface area contributed by atoms with Crippen LogP contribution in [0.2, 0.25) is 0 Å². The first kappa shape index (κ1) is 35.7. The Kier molecular flexibility index (Phi) is 8.88. The molecule has 0 amide bonds. The van der Waals surface area contributed by atoms with Gasteiger partial charge in [-0.1, -0.05) is 46.3 Å². The lowest BCUT2D eigenvalue weighted by molar-refractivity contribution is -0.297. The highest BCUT2D eigenvalue weighted by atomic mass is 16.7. The Hall–Kier alpha value is -1.15. The van der Waals surface area contributed by atoms with Gasteiger partial charge in [0.1, 0.15) is 24.4 Å². The van der Waals surface area contributed by atoms with Crippen LogP contribution in [-0.4, -0.2) is 110 Å². The standard InChI is InChI=1S/C36H58O11/c1-31(2)10-12-35(30(45)47-29-27(43)26(42)25(41)22(16-37)46-29)13-11-33(4)19(20(35)14-31)6-7-23-32(3)15-21(40)28(44)36(17-38,18-39)24(32)8-9-34(23,33)5/h6,20-29,37-44H,7-18H2,1-5H3/t20-,21+,22-,23+,24+,25-,26+,27-,28-,29+,32+,33+,34+,35-/m0/s1. The number of rotatable bonds is 5. The predicted molar refractivity (Wildman–Crippen MR) is 169 cm³/mol. The third kappa shape index (κ3) is 4.81. The molecule has 6 aliphatic rings. The molecule has 0 radical (unpaired) electrons. The van der Waals surface area contributed by atoms with Gasteiger partial charge in [0.15, 0.2) is 0 Å². The molecule has 6 rings (SSSR count). The number of aliphatic hydroxyl groups is 8. The lowest BCUT2D eigenvalue weighted by atomic mass is 9.33. The van der Waals surface area contributed by atoms with Crippen molar-refractivity contribution in [3.8, 4) is 0 Å². The molecule has 1 heterocycles. The molecule has 5 fully saturated rings. The number of esters is 1. The van der Waals surface area contributed by atoms with Crippen molar-refractivity contribution in [1.82, 2.24) is 0 Å². The molecular weight excluding hydrogens is 608 g/mol. The van der Waals surface area contributed by atoms with Crippen LogP contribution in [0.4, 0.5) is 0 Å². The summed E-state index contributed by atoms with van der Waals surface area (Å²) >= 11 is 0. The van der Waals surface area contributed by atoms with Crippen LogP contribution in [0, 0.1) is 50.2 Å². The molecule has 11 heteroatoms. The second-order valence-electron chi connectivity index (χ2n) is 17.7. The molecule has 0 spiro atoms. The summed E-state index contributed by atoms with van der Waals surface area (Å²) in [5.41, 5.74) is -1.84. The molecule has 8 N–H and O–H groups in total. The number of hydrogen-bond acceptors (Lipinski definition) is 11. The molecule has 5 aliphatic carbocycles. The molecule has 4 saturated carbocycles. The zero-order valence-corrected chi connectivity index (χ0v) is 28.6. The number of carbonyl (C=O) groups excluding carboxylic acids is 1. The van der Waals surface area contributed by atoms with E-state index in [1.807, 2.05) is 0 Å². The molecule has 1 saturated heterocycles. The van der Waals surface area contributed by atoms with Crippen molar-refractivity contribution in [1.29, 1.82) is 0 Å². The van der Waals surface area contributed by atoms with E-state index < -0.39 is 84.9 Å². The molecule has 0 aromatic heterocycles. The largest absolute Gasteiger partial charge is 0.432 e. The van der Waals surface area contributed by atoms with Gasteiger partial charge < -0.3 is 50.3 Å². The van der Waals surface area contributed by atoms with Crippen molar-refractivity contribution in [3.63, 3.8) is 0 Å². The number of hydrogen-bond donors (Lipinski definition) is 8. The highest BCUT2D eigenvalue weighted by molar-refractivity contribution is 5.79. The van der Waals surface area contributed by atoms with Crippen LogP contribution in [0.25, 0.3) is 0 Å². The monoisotopic (exact) mass is 666 g/mol. The predicted octanol–water partition coefficient (Wildman–Crippen LogP) is 1.41. The molecule has 47 heavy (non-hydrogen) atoms. The molecule has 0 unspecified atom stereocenters. The van der Waals surface area contributed by atoms with Gasteiger partial charge in [-0.15, -0.1) is 0 Å². The van der Waals surface area contributed by atoms with Crippen LogP contribution in [-0.2, 0) is 14.3 Å². The third-order valence-corrected chi connectivity index (χ3v) is 15.3. The van der Waals surface area contributed by atoms with Crippen molar-refractivity contribution in [3.05, 3.63) is 11.6 Å². The van der Waals surface area contributed by atoms with E-state index in [2.05, 4.69) is 40.7 Å². The molecule has 268 valence electrons. The van der Waals surface area contributed by atoms with Gasteiger partial charge in [0.25, 0.3) is 0 Å². The van der Waals surface area contributed by atoms with Crippen molar-refractivity contribution in [2.45, 2.75) is 135 Å². The Balaban J connectivity index is 1.37.